The fraction of sp³-hybridized carbons (Fsp3) is 0.571. The van der Waals surface area contributed by atoms with Gasteiger partial charge in [-0.1, -0.05) is 18.2 Å². The van der Waals surface area contributed by atoms with E-state index in [9.17, 15) is 5.11 Å². The van der Waals surface area contributed by atoms with Crippen LogP contribution in [-0.4, -0.2) is 47.6 Å². The van der Waals surface area contributed by atoms with Gasteiger partial charge in [0.05, 0.1) is 0 Å². The number of rotatable bonds is 2. The van der Waals surface area contributed by atoms with Crippen molar-refractivity contribution in [2.75, 3.05) is 26.7 Å². The molecule has 3 nitrogen and oxygen atoms in total. The molecule has 0 spiro atoms. The van der Waals surface area contributed by atoms with Gasteiger partial charge in [0.15, 0.2) is 0 Å². The molecule has 2 rings (SSSR count). The molecule has 1 aromatic carbocycles. The molecule has 94 valence electrons. The Kier molecular flexibility index (Phi) is 3.69. The summed E-state index contributed by atoms with van der Waals surface area (Å²) in [5.74, 6) is 0.409. The lowest BCUT2D eigenvalue weighted by molar-refractivity contribution is 0.0766. The van der Waals surface area contributed by atoms with Gasteiger partial charge in [-0.15, -0.1) is 0 Å². The number of phenols is 1. The zero-order valence-corrected chi connectivity index (χ0v) is 10.9. The Morgan fingerprint density at radius 3 is 2.65 bits per heavy atom. The first kappa shape index (κ1) is 12.4. The second-order valence-corrected chi connectivity index (χ2v) is 5.06. The smallest absolute Gasteiger partial charge is 0.120 e. The van der Waals surface area contributed by atoms with Gasteiger partial charge in [0.25, 0.3) is 0 Å². The van der Waals surface area contributed by atoms with E-state index in [-0.39, 0.29) is 6.04 Å². The number of benzene rings is 1. The predicted molar refractivity (Wildman–Crippen MR) is 70.2 cm³/mol. The van der Waals surface area contributed by atoms with Crippen LogP contribution >= 0.6 is 0 Å². The summed E-state index contributed by atoms with van der Waals surface area (Å²) in [7, 11) is 2.17. The molecule has 1 saturated heterocycles. The van der Waals surface area contributed by atoms with Crippen LogP contribution in [0.5, 0.6) is 5.75 Å². The summed E-state index contributed by atoms with van der Waals surface area (Å²) in [6.45, 7) is 7.65. The maximum Gasteiger partial charge on any atom is 0.120 e. The third-order valence-electron chi connectivity index (χ3n) is 3.93. The number of phenolic OH excluding ortho intramolecular Hbond substituents is 1. The third-order valence-corrected chi connectivity index (χ3v) is 3.93. The average Bonchev–Trinajstić information content (AvgIpc) is 2.32. The quantitative estimate of drug-likeness (QED) is 0.849. The van der Waals surface area contributed by atoms with Crippen molar-refractivity contribution in [1.29, 1.82) is 0 Å². The van der Waals surface area contributed by atoms with Gasteiger partial charge >= 0.3 is 0 Å². The molecule has 2 atom stereocenters. The van der Waals surface area contributed by atoms with E-state index in [2.05, 4.69) is 30.7 Å². The number of para-hydroxylation sites is 1. The molecular formula is C14H22N2O. The molecular weight excluding hydrogens is 212 g/mol. The van der Waals surface area contributed by atoms with Crippen molar-refractivity contribution in [3.8, 4) is 5.75 Å². The summed E-state index contributed by atoms with van der Waals surface area (Å²) in [4.78, 5) is 4.83. The van der Waals surface area contributed by atoms with Gasteiger partial charge in [-0.25, -0.2) is 0 Å². The van der Waals surface area contributed by atoms with Crippen LogP contribution in [0.25, 0.3) is 0 Å². The van der Waals surface area contributed by atoms with Crippen LogP contribution in [0.4, 0.5) is 0 Å². The monoisotopic (exact) mass is 234 g/mol. The molecule has 1 N–H and O–H groups in total. The molecule has 0 aliphatic carbocycles. The molecule has 1 heterocycles. The van der Waals surface area contributed by atoms with Crippen LogP contribution in [0, 0.1) is 0 Å². The number of aromatic hydroxyl groups is 1. The molecule has 2 unspecified atom stereocenters. The van der Waals surface area contributed by atoms with Crippen LogP contribution in [0.2, 0.25) is 0 Å². The molecule has 0 aromatic heterocycles. The summed E-state index contributed by atoms with van der Waals surface area (Å²) in [5.41, 5.74) is 1.03. The Bertz CT molecular complexity index is 380. The minimum atomic E-state index is 0.285. The van der Waals surface area contributed by atoms with E-state index in [0.717, 1.165) is 25.2 Å². The minimum absolute atomic E-state index is 0.285. The van der Waals surface area contributed by atoms with Crippen LogP contribution in [0.1, 0.15) is 25.5 Å². The largest absolute Gasteiger partial charge is 0.508 e. The lowest BCUT2D eigenvalue weighted by Crippen LogP contribution is -2.50. The highest BCUT2D eigenvalue weighted by molar-refractivity contribution is 5.34. The molecule has 0 amide bonds. The van der Waals surface area contributed by atoms with Crippen molar-refractivity contribution in [3.63, 3.8) is 0 Å². The fourth-order valence-electron chi connectivity index (χ4n) is 2.47. The summed E-state index contributed by atoms with van der Waals surface area (Å²) < 4.78 is 0. The number of hydrogen-bond acceptors (Lipinski definition) is 3. The van der Waals surface area contributed by atoms with Crippen molar-refractivity contribution < 1.29 is 5.11 Å². The van der Waals surface area contributed by atoms with Crippen LogP contribution in [0.15, 0.2) is 24.3 Å². The summed E-state index contributed by atoms with van der Waals surface area (Å²) >= 11 is 0. The van der Waals surface area contributed by atoms with Gasteiger partial charge in [0.1, 0.15) is 5.75 Å². The standard InChI is InChI=1S/C14H22N2O/c1-11-10-16(9-8-15(11)3)12(2)13-6-4-5-7-14(13)17/h4-7,11-12,17H,8-10H2,1-3H3. The van der Waals surface area contributed by atoms with E-state index in [4.69, 9.17) is 0 Å². The Hall–Kier alpha value is -1.06. The van der Waals surface area contributed by atoms with E-state index in [0.29, 0.717) is 11.8 Å². The number of nitrogens with zero attached hydrogens (tertiary/aromatic N) is 2. The Labute approximate surface area is 104 Å². The summed E-state index contributed by atoms with van der Waals surface area (Å²) in [6.07, 6.45) is 0. The van der Waals surface area contributed by atoms with Crippen molar-refractivity contribution >= 4 is 0 Å². The highest BCUT2D eigenvalue weighted by atomic mass is 16.3. The van der Waals surface area contributed by atoms with Crippen molar-refractivity contribution in [2.45, 2.75) is 25.9 Å². The second-order valence-electron chi connectivity index (χ2n) is 5.06. The lowest BCUT2D eigenvalue weighted by atomic mass is 10.0. The van der Waals surface area contributed by atoms with Gasteiger partial charge in [-0.2, -0.15) is 0 Å². The van der Waals surface area contributed by atoms with Gasteiger partial charge < -0.3 is 10.0 Å². The van der Waals surface area contributed by atoms with Crippen molar-refractivity contribution in [3.05, 3.63) is 29.8 Å². The number of piperazine rings is 1. The maximum atomic E-state index is 9.89. The Morgan fingerprint density at radius 2 is 2.00 bits per heavy atom. The van der Waals surface area contributed by atoms with E-state index < -0.39 is 0 Å². The van der Waals surface area contributed by atoms with Gasteiger partial charge in [0.2, 0.25) is 0 Å². The molecule has 0 radical (unpaired) electrons. The van der Waals surface area contributed by atoms with Gasteiger partial charge in [-0.3, -0.25) is 4.90 Å². The molecule has 1 aromatic rings. The third kappa shape index (κ3) is 2.61. The van der Waals surface area contributed by atoms with E-state index in [1.165, 1.54) is 0 Å². The van der Waals surface area contributed by atoms with Crippen molar-refractivity contribution in [2.24, 2.45) is 0 Å². The first-order chi connectivity index (χ1) is 8.09. The van der Waals surface area contributed by atoms with E-state index in [1.807, 2.05) is 18.2 Å². The van der Waals surface area contributed by atoms with Crippen LogP contribution in [-0.2, 0) is 0 Å². The highest BCUT2D eigenvalue weighted by Crippen LogP contribution is 2.29. The van der Waals surface area contributed by atoms with Crippen molar-refractivity contribution in [1.82, 2.24) is 9.80 Å². The topological polar surface area (TPSA) is 26.7 Å². The molecule has 1 aliphatic heterocycles. The van der Waals surface area contributed by atoms with E-state index in [1.54, 1.807) is 6.07 Å². The lowest BCUT2D eigenvalue weighted by Gasteiger charge is -2.41. The average molecular weight is 234 g/mol. The first-order valence-corrected chi connectivity index (χ1v) is 6.31. The van der Waals surface area contributed by atoms with Crippen LogP contribution < -0.4 is 0 Å². The highest BCUT2D eigenvalue weighted by Gasteiger charge is 2.25. The maximum absolute atomic E-state index is 9.89. The number of hydrogen-bond donors (Lipinski definition) is 1. The Balaban J connectivity index is 2.10. The first-order valence-electron chi connectivity index (χ1n) is 6.31. The summed E-state index contributed by atoms with van der Waals surface area (Å²) in [6, 6.07) is 8.52. The Morgan fingerprint density at radius 1 is 1.29 bits per heavy atom. The SMILES string of the molecule is CC1CN(C(C)c2ccccc2O)CCN1C. The molecule has 3 heteroatoms. The fourth-order valence-corrected chi connectivity index (χ4v) is 2.47. The number of likely N-dealkylation sites (N-methyl/N-ethyl adjacent to an activating group) is 1. The minimum Gasteiger partial charge on any atom is -0.508 e. The predicted octanol–water partition coefficient (Wildman–Crippen LogP) is 2.09. The molecule has 17 heavy (non-hydrogen) atoms. The van der Waals surface area contributed by atoms with Gasteiger partial charge in [-0.05, 0) is 27.0 Å². The van der Waals surface area contributed by atoms with Crippen LogP contribution in [0.3, 0.4) is 0 Å². The molecule has 0 bridgehead atoms. The normalized spacial score (nSPS) is 24.8. The van der Waals surface area contributed by atoms with Gasteiger partial charge in [0, 0.05) is 37.3 Å². The van der Waals surface area contributed by atoms with E-state index >= 15 is 0 Å². The molecule has 1 aliphatic rings. The zero-order chi connectivity index (χ0) is 12.4. The molecule has 1 fully saturated rings. The molecule has 0 saturated carbocycles. The zero-order valence-electron chi connectivity index (χ0n) is 10.9. The second kappa shape index (κ2) is 5.07. The summed E-state index contributed by atoms with van der Waals surface area (Å²) in [5, 5.41) is 9.89.